The van der Waals surface area contributed by atoms with Crippen LogP contribution in [-0.2, 0) is 35.4 Å². The molecule has 3 aliphatic rings. The molecule has 0 spiro atoms. The van der Waals surface area contributed by atoms with Gasteiger partial charge in [0.25, 0.3) is 5.91 Å². The highest BCUT2D eigenvalue weighted by molar-refractivity contribution is 7.89. The van der Waals surface area contributed by atoms with E-state index < -0.39 is 34.4 Å². The zero-order valence-electron chi connectivity index (χ0n) is 26.1. The number of benzene rings is 2. The number of allylic oxidation sites excluding steroid dienone is 1. The highest BCUT2D eigenvalue weighted by atomic mass is 32.2. The highest BCUT2D eigenvalue weighted by Crippen LogP contribution is 2.35. The molecular weight excluding hydrogens is 598 g/mol. The van der Waals surface area contributed by atoms with Crippen LogP contribution in [0.4, 0.5) is 10.5 Å². The highest BCUT2D eigenvalue weighted by Gasteiger charge is 2.44. The van der Waals surface area contributed by atoms with Crippen LogP contribution in [0.25, 0.3) is 5.57 Å². The molecule has 2 aromatic carbocycles. The molecule has 0 radical (unpaired) electrons. The molecular formula is C33H43N3O8S. The lowest BCUT2D eigenvalue weighted by molar-refractivity contribution is -0.110. The van der Waals surface area contributed by atoms with Gasteiger partial charge in [-0.25, -0.2) is 13.2 Å². The number of ether oxygens (including phenoxy) is 3. The van der Waals surface area contributed by atoms with Gasteiger partial charge in [0.05, 0.1) is 36.2 Å². The van der Waals surface area contributed by atoms with Crippen LogP contribution in [0.1, 0.15) is 45.2 Å². The topological polar surface area (TPSA) is 144 Å². The Hall–Kier alpha value is -3.29. The molecule has 0 aromatic heterocycles. The first-order chi connectivity index (χ1) is 21.4. The zero-order valence-corrected chi connectivity index (χ0v) is 27.0. The van der Waals surface area contributed by atoms with Crippen molar-refractivity contribution >= 4 is 33.3 Å². The molecule has 0 saturated carbocycles. The molecule has 5 rings (SSSR count). The normalized spacial score (nSPS) is 23.3. The summed E-state index contributed by atoms with van der Waals surface area (Å²) in [5.74, 6) is -0.298. The van der Waals surface area contributed by atoms with Crippen molar-refractivity contribution in [3.63, 3.8) is 0 Å². The molecule has 5 atom stereocenters. The first-order valence-corrected chi connectivity index (χ1v) is 17.0. The van der Waals surface area contributed by atoms with Gasteiger partial charge in [-0.05, 0) is 48.4 Å². The number of sulfonamides is 1. The third-order valence-electron chi connectivity index (χ3n) is 8.18. The van der Waals surface area contributed by atoms with Gasteiger partial charge in [-0.3, -0.25) is 4.79 Å². The number of hydrogen-bond acceptors (Lipinski definition) is 8. The second-order valence-electron chi connectivity index (χ2n) is 12.7. The molecule has 45 heavy (non-hydrogen) atoms. The Balaban J connectivity index is 1.37. The molecule has 2 amide bonds. The molecule has 3 aliphatic heterocycles. The summed E-state index contributed by atoms with van der Waals surface area (Å²) >= 11 is 0. The number of fused-ring (bicyclic) bond motifs is 2. The minimum absolute atomic E-state index is 0.0156. The Kier molecular flexibility index (Phi) is 10.3. The fraction of sp³-hybridized carbons (Fsp3) is 0.515. The van der Waals surface area contributed by atoms with Gasteiger partial charge in [0.2, 0.25) is 10.0 Å². The summed E-state index contributed by atoms with van der Waals surface area (Å²) in [6.07, 6.45) is -0.0585. The standard InChI is InChI=1S/C33H43N3O8S/c1-20(2)14-26-25-16-23(10-11-27(25)34-31(26)38)45(40,41)36(17-21(3)4)18-29(37)28(15-22-8-6-5-7-9-22)35-33(39)44-30-19-43-32-24(30)12-13-42-32/h5-11,14,16,20-21,24,28-30,32,37H,12-13,15,17-19H2,1-4H3,(H,34,38)(H,35,39)/b26-14-/t24?,28-,29+,30?,32?/m0/s1. The van der Waals surface area contributed by atoms with Crippen molar-refractivity contribution < 1.29 is 37.3 Å². The van der Waals surface area contributed by atoms with E-state index in [0.717, 1.165) is 12.0 Å². The second kappa shape index (κ2) is 14.0. The monoisotopic (exact) mass is 641 g/mol. The molecule has 2 aromatic rings. The lowest BCUT2D eigenvalue weighted by atomic mass is 10.0. The second-order valence-corrected chi connectivity index (χ2v) is 14.6. The van der Waals surface area contributed by atoms with Gasteiger partial charge in [0.15, 0.2) is 6.29 Å². The van der Waals surface area contributed by atoms with Gasteiger partial charge in [-0.15, -0.1) is 0 Å². The fourth-order valence-electron chi connectivity index (χ4n) is 6.01. The van der Waals surface area contributed by atoms with Crippen molar-refractivity contribution in [1.29, 1.82) is 0 Å². The molecule has 2 fully saturated rings. The number of aliphatic hydroxyl groups excluding tert-OH is 1. The largest absolute Gasteiger partial charge is 0.443 e. The van der Waals surface area contributed by atoms with Crippen LogP contribution in [0.15, 0.2) is 59.5 Å². The molecule has 244 valence electrons. The van der Waals surface area contributed by atoms with E-state index in [9.17, 15) is 23.1 Å². The SMILES string of the molecule is CC(C)/C=C1\C(=O)Nc2ccc(S(=O)(=O)N(CC(C)C)C[C@@H](O)[C@H](Cc3ccccc3)NC(=O)OC3COC4OCCC34)cc21. The third-order valence-corrected chi connectivity index (χ3v) is 10.0. The average molecular weight is 642 g/mol. The van der Waals surface area contributed by atoms with Crippen molar-refractivity contribution in [2.45, 2.75) is 70.0 Å². The maximum atomic E-state index is 14.1. The molecule has 3 heterocycles. The van der Waals surface area contributed by atoms with Gasteiger partial charge < -0.3 is 30.0 Å². The summed E-state index contributed by atoms with van der Waals surface area (Å²) in [6, 6.07) is 13.1. The van der Waals surface area contributed by atoms with Crippen LogP contribution in [0, 0.1) is 17.8 Å². The number of hydrogen-bond donors (Lipinski definition) is 3. The van der Waals surface area contributed by atoms with E-state index in [1.54, 1.807) is 6.07 Å². The van der Waals surface area contributed by atoms with E-state index in [4.69, 9.17) is 14.2 Å². The smallest absolute Gasteiger partial charge is 0.407 e. The lowest BCUT2D eigenvalue weighted by Gasteiger charge is -2.31. The van der Waals surface area contributed by atoms with Crippen molar-refractivity contribution in [3.05, 3.63) is 65.7 Å². The summed E-state index contributed by atoms with van der Waals surface area (Å²) in [7, 11) is -4.11. The third kappa shape index (κ3) is 7.75. The van der Waals surface area contributed by atoms with E-state index >= 15 is 0 Å². The van der Waals surface area contributed by atoms with Crippen molar-refractivity contribution in [3.8, 4) is 0 Å². The van der Waals surface area contributed by atoms with Crippen LogP contribution in [0.5, 0.6) is 0 Å². The summed E-state index contributed by atoms with van der Waals surface area (Å²) in [4.78, 5) is 25.7. The van der Waals surface area contributed by atoms with Gasteiger partial charge in [-0.1, -0.05) is 64.1 Å². The summed E-state index contributed by atoms with van der Waals surface area (Å²) in [6.45, 7) is 8.31. The van der Waals surface area contributed by atoms with Gasteiger partial charge >= 0.3 is 6.09 Å². The van der Waals surface area contributed by atoms with Crippen LogP contribution in [0.3, 0.4) is 0 Å². The number of rotatable bonds is 12. The first kappa shape index (κ1) is 33.1. The fourth-order valence-corrected chi connectivity index (χ4v) is 7.66. The minimum Gasteiger partial charge on any atom is -0.443 e. The minimum atomic E-state index is -4.11. The zero-order chi connectivity index (χ0) is 32.3. The van der Waals surface area contributed by atoms with Gasteiger partial charge in [0.1, 0.15) is 6.10 Å². The van der Waals surface area contributed by atoms with E-state index in [1.165, 1.54) is 16.4 Å². The van der Waals surface area contributed by atoms with Crippen LogP contribution < -0.4 is 10.6 Å². The average Bonchev–Trinajstić information content (AvgIpc) is 3.68. The van der Waals surface area contributed by atoms with E-state index in [1.807, 2.05) is 64.1 Å². The Bertz CT molecular complexity index is 1510. The quantitative estimate of drug-likeness (QED) is 0.297. The maximum Gasteiger partial charge on any atom is 0.407 e. The number of nitrogens with one attached hydrogen (secondary N) is 2. The number of amides is 2. The van der Waals surface area contributed by atoms with E-state index in [-0.39, 0.29) is 61.0 Å². The van der Waals surface area contributed by atoms with E-state index in [2.05, 4.69) is 10.6 Å². The Morgan fingerprint density at radius 3 is 2.60 bits per heavy atom. The number of carbonyl (C=O) groups is 2. The number of nitrogens with zero attached hydrogens (tertiary/aromatic N) is 1. The van der Waals surface area contributed by atoms with E-state index in [0.29, 0.717) is 23.4 Å². The maximum absolute atomic E-state index is 14.1. The number of carbonyl (C=O) groups excluding carboxylic acids is 2. The molecule has 12 heteroatoms. The van der Waals surface area contributed by atoms with Crippen molar-refractivity contribution in [1.82, 2.24) is 9.62 Å². The summed E-state index contributed by atoms with van der Waals surface area (Å²) < 4.78 is 46.3. The van der Waals surface area contributed by atoms with Gasteiger partial charge in [-0.2, -0.15) is 4.31 Å². The summed E-state index contributed by atoms with van der Waals surface area (Å²) in [5, 5.41) is 17.2. The van der Waals surface area contributed by atoms with Crippen molar-refractivity contribution in [2.24, 2.45) is 17.8 Å². The number of alkyl carbamates (subject to hydrolysis) is 1. The molecule has 3 N–H and O–H groups in total. The Labute approximate surface area is 265 Å². The lowest BCUT2D eigenvalue weighted by Crippen LogP contribution is -2.51. The van der Waals surface area contributed by atoms with Crippen LogP contribution in [-0.4, -0.2) is 80.7 Å². The van der Waals surface area contributed by atoms with Gasteiger partial charge in [0, 0.05) is 29.9 Å². The van der Waals surface area contributed by atoms with Crippen LogP contribution >= 0.6 is 0 Å². The number of anilines is 1. The predicted octanol–water partition coefficient (Wildman–Crippen LogP) is 3.78. The number of aliphatic hydroxyl groups is 1. The Morgan fingerprint density at radius 1 is 1.13 bits per heavy atom. The van der Waals surface area contributed by atoms with Crippen molar-refractivity contribution in [2.75, 3.05) is 31.6 Å². The molecule has 2 saturated heterocycles. The molecule has 3 unspecified atom stereocenters. The molecule has 0 aliphatic carbocycles. The predicted molar refractivity (Wildman–Crippen MR) is 169 cm³/mol. The Morgan fingerprint density at radius 2 is 1.89 bits per heavy atom. The first-order valence-electron chi connectivity index (χ1n) is 15.5. The molecule has 0 bridgehead atoms. The van der Waals surface area contributed by atoms with Crippen LogP contribution in [0.2, 0.25) is 0 Å². The summed E-state index contributed by atoms with van der Waals surface area (Å²) in [5.41, 5.74) is 2.36. The molecule has 11 nitrogen and oxygen atoms in total.